The van der Waals surface area contributed by atoms with Crippen molar-refractivity contribution in [3.8, 4) is 0 Å². The number of nitrogens with zero attached hydrogens (tertiary/aromatic N) is 1. The number of likely N-dealkylation sites (tertiary alicyclic amines) is 1. The highest BCUT2D eigenvalue weighted by Crippen LogP contribution is 2.34. The van der Waals surface area contributed by atoms with Crippen molar-refractivity contribution in [2.45, 2.75) is 53.9 Å². The minimum Gasteiger partial charge on any atom is -0.481 e. The standard InChI is InChI=1S/C15H27NO3/c1-14(2,3)9-12(17)16-8-6-7-11(10-16)15(4,5)13(18)19/h11H,6-10H2,1-5H3,(H,18,19). The smallest absolute Gasteiger partial charge is 0.309 e. The van der Waals surface area contributed by atoms with E-state index >= 15 is 0 Å². The molecule has 110 valence electrons. The van der Waals surface area contributed by atoms with Gasteiger partial charge in [0.2, 0.25) is 5.91 Å². The lowest BCUT2D eigenvalue weighted by Crippen LogP contribution is -2.47. The van der Waals surface area contributed by atoms with Crippen LogP contribution in [0.4, 0.5) is 0 Å². The van der Waals surface area contributed by atoms with E-state index in [0.29, 0.717) is 13.0 Å². The van der Waals surface area contributed by atoms with E-state index in [4.69, 9.17) is 0 Å². The Bertz CT molecular complexity index is 355. The van der Waals surface area contributed by atoms with Crippen LogP contribution in [0.1, 0.15) is 53.9 Å². The first-order valence-electron chi connectivity index (χ1n) is 7.05. The molecule has 1 N–H and O–H groups in total. The summed E-state index contributed by atoms with van der Waals surface area (Å²) in [6, 6.07) is 0. The van der Waals surface area contributed by atoms with Gasteiger partial charge in [0, 0.05) is 19.5 Å². The highest BCUT2D eigenvalue weighted by molar-refractivity contribution is 5.77. The minimum atomic E-state index is -0.775. The molecule has 0 radical (unpaired) electrons. The van der Waals surface area contributed by atoms with Gasteiger partial charge in [-0.2, -0.15) is 0 Å². The molecule has 0 bridgehead atoms. The number of carbonyl (C=O) groups is 2. The van der Waals surface area contributed by atoms with Crippen molar-refractivity contribution in [2.24, 2.45) is 16.7 Å². The Labute approximate surface area is 116 Å². The molecule has 4 nitrogen and oxygen atoms in total. The van der Waals surface area contributed by atoms with Crippen molar-refractivity contribution >= 4 is 11.9 Å². The maximum Gasteiger partial charge on any atom is 0.309 e. The van der Waals surface area contributed by atoms with Gasteiger partial charge in [-0.1, -0.05) is 20.8 Å². The Kier molecular flexibility index (Phi) is 4.64. The molecule has 4 heteroatoms. The van der Waals surface area contributed by atoms with Gasteiger partial charge in [0.1, 0.15) is 0 Å². The van der Waals surface area contributed by atoms with Gasteiger partial charge in [0.15, 0.2) is 0 Å². The summed E-state index contributed by atoms with van der Waals surface area (Å²) in [5, 5.41) is 9.30. The molecule has 1 rings (SSSR count). The van der Waals surface area contributed by atoms with Gasteiger partial charge in [-0.25, -0.2) is 0 Å². The van der Waals surface area contributed by atoms with E-state index in [2.05, 4.69) is 0 Å². The molecule has 1 unspecified atom stereocenters. The van der Waals surface area contributed by atoms with Crippen LogP contribution in [0, 0.1) is 16.7 Å². The first-order chi connectivity index (χ1) is 8.54. The van der Waals surface area contributed by atoms with Crippen LogP contribution in [-0.2, 0) is 9.59 Å². The fraction of sp³-hybridized carbons (Fsp3) is 0.867. The molecular weight excluding hydrogens is 242 g/mol. The number of rotatable bonds is 3. The third-order valence-corrected chi connectivity index (χ3v) is 4.03. The predicted octanol–water partition coefficient (Wildman–Crippen LogP) is 2.77. The van der Waals surface area contributed by atoms with Crippen LogP contribution in [-0.4, -0.2) is 35.0 Å². The number of piperidine rings is 1. The van der Waals surface area contributed by atoms with E-state index < -0.39 is 11.4 Å². The molecule has 1 heterocycles. The van der Waals surface area contributed by atoms with Crippen LogP contribution >= 0.6 is 0 Å². The maximum atomic E-state index is 12.2. The quantitative estimate of drug-likeness (QED) is 0.857. The highest BCUT2D eigenvalue weighted by Gasteiger charge is 2.40. The summed E-state index contributed by atoms with van der Waals surface area (Å²) in [7, 11) is 0. The zero-order valence-electron chi connectivity index (χ0n) is 12.8. The SMILES string of the molecule is CC(C)(C)CC(=O)N1CCCC(C(C)(C)C(=O)O)C1. The number of carboxylic acids is 1. The van der Waals surface area contributed by atoms with E-state index in [1.54, 1.807) is 13.8 Å². The third-order valence-electron chi connectivity index (χ3n) is 4.03. The third kappa shape index (κ3) is 4.22. The molecule has 0 aliphatic carbocycles. The predicted molar refractivity (Wildman–Crippen MR) is 74.8 cm³/mol. The van der Waals surface area contributed by atoms with E-state index in [-0.39, 0.29) is 17.2 Å². The van der Waals surface area contributed by atoms with Gasteiger partial charge in [0.25, 0.3) is 0 Å². The number of hydrogen-bond acceptors (Lipinski definition) is 2. The van der Waals surface area contributed by atoms with Gasteiger partial charge >= 0.3 is 5.97 Å². The zero-order chi connectivity index (χ0) is 14.8. The summed E-state index contributed by atoms with van der Waals surface area (Å²) >= 11 is 0. The lowest BCUT2D eigenvalue weighted by atomic mass is 9.74. The van der Waals surface area contributed by atoms with Gasteiger partial charge < -0.3 is 10.0 Å². The molecule has 1 fully saturated rings. The van der Waals surface area contributed by atoms with Crippen LogP contribution in [0.3, 0.4) is 0 Å². The van der Waals surface area contributed by atoms with Crippen molar-refractivity contribution in [1.82, 2.24) is 4.90 Å². The van der Waals surface area contributed by atoms with E-state index in [9.17, 15) is 14.7 Å². The molecule has 19 heavy (non-hydrogen) atoms. The average molecular weight is 269 g/mol. The Morgan fingerprint density at radius 1 is 1.21 bits per heavy atom. The first-order valence-corrected chi connectivity index (χ1v) is 7.05. The van der Waals surface area contributed by atoms with E-state index in [1.807, 2.05) is 25.7 Å². The van der Waals surface area contributed by atoms with Crippen LogP contribution in [0.15, 0.2) is 0 Å². The van der Waals surface area contributed by atoms with Crippen LogP contribution in [0.25, 0.3) is 0 Å². The second-order valence-electron chi connectivity index (χ2n) is 7.44. The molecule has 0 saturated carbocycles. The zero-order valence-corrected chi connectivity index (χ0v) is 12.8. The molecule has 1 aliphatic rings. The number of carboxylic acid groups (broad SMARTS) is 1. The molecule has 1 saturated heterocycles. The highest BCUT2D eigenvalue weighted by atomic mass is 16.4. The maximum absolute atomic E-state index is 12.2. The molecule has 0 aromatic rings. The first kappa shape index (κ1) is 16.0. The van der Waals surface area contributed by atoms with Crippen LogP contribution in [0.5, 0.6) is 0 Å². The summed E-state index contributed by atoms with van der Waals surface area (Å²) in [5.74, 6) is -0.580. The van der Waals surface area contributed by atoms with E-state index in [0.717, 1.165) is 19.4 Å². The Morgan fingerprint density at radius 2 is 1.79 bits per heavy atom. The van der Waals surface area contributed by atoms with Crippen LogP contribution in [0.2, 0.25) is 0 Å². The molecule has 1 aliphatic heterocycles. The average Bonchev–Trinajstić information content (AvgIpc) is 2.26. The molecule has 0 aromatic heterocycles. The number of carbonyl (C=O) groups excluding carboxylic acids is 1. The molecule has 1 atom stereocenters. The van der Waals surface area contributed by atoms with Crippen molar-refractivity contribution in [2.75, 3.05) is 13.1 Å². The van der Waals surface area contributed by atoms with Crippen molar-refractivity contribution in [3.63, 3.8) is 0 Å². The monoisotopic (exact) mass is 269 g/mol. The van der Waals surface area contributed by atoms with Gasteiger partial charge in [-0.15, -0.1) is 0 Å². The van der Waals surface area contributed by atoms with Gasteiger partial charge in [-0.3, -0.25) is 9.59 Å². The van der Waals surface area contributed by atoms with E-state index in [1.165, 1.54) is 0 Å². The molecular formula is C15H27NO3. The Morgan fingerprint density at radius 3 is 2.26 bits per heavy atom. The molecule has 1 amide bonds. The second-order valence-corrected chi connectivity index (χ2v) is 7.44. The molecule has 0 spiro atoms. The van der Waals surface area contributed by atoms with Crippen molar-refractivity contribution < 1.29 is 14.7 Å². The topological polar surface area (TPSA) is 57.6 Å². The number of amides is 1. The Hall–Kier alpha value is -1.06. The van der Waals surface area contributed by atoms with Gasteiger partial charge in [-0.05, 0) is 38.0 Å². The fourth-order valence-corrected chi connectivity index (χ4v) is 2.53. The van der Waals surface area contributed by atoms with Crippen LogP contribution < -0.4 is 0 Å². The van der Waals surface area contributed by atoms with Gasteiger partial charge in [0.05, 0.1) is 5.41 Å². The Balaban J connectivity index is 2.70. The summed E-state index contributed by atoms with van der Waals surface area (Å²) in [6.45, 7) is 11.0. The summed E-state index contributed by atoms with van der Waals surface area (Å²) in [6.07, 6.45) is 2.31. The lowest BCUT2D eigenvalue weighted by Gasteiger charge is -2.40. The number of aliphatic carboxylic acids is 1. The lowest BCUT2D eigenvalue weighted by molar-refractivity contribution is -0.153. The summed E-state index contributed by atoms with van der Waals surface area (Å²) in [4.78, 5) is 25.4. The largest absolute Gasteiger partial charge is 0.481 e. The molecule has 0 aromatic carbocycles. The fourth-order valence-electron chi connectivity index (χ4n) is 2.53. The number of hydrogen-bond donors (Lipinski definition) is 1. The normalized spacial score (nSPS) is 21.3. The summed E-state index contributed by atoms with van der Waals surface area (Å²) < 4.78 is 0. The second kappa shape index (κ2) is 5.51. The summed E-state index contributed by atoms with van der Waals surface area (Å²) in [5.41, 5.74) is -0.785. The van der Waals surface area contributed by atoms with Crippen molar-refractivity contribution in [1.29, 1.82) is 0 Å². The minimum absolute atomic E-state index is 0.0215. The van der Waals surface area contributed by atoms with Crippen molar-refractivity contribution in [3.05, 3.63) is 0 Å².